The molecule has 0 radical (unpaired) electrons. The largest absolute Gasteiger partial charge is 0.291 e. The second-order valence-corrected chi connectivity index (χ2v) is 6.05. The summed E-state index contributed by atoms with van der Waals surface area (Å²) in [6.45, 7) is 0. The zero-order valence-corrected chi connectivity index (χ0v) is 11.0. The van der Waals surface area contributed by atoms with Crippen molar-refractivity contribution in [3.8, 4) is 0 Å². The van der Waals surface area contributed by atoms with E-state index >= 15 is 0 Å². The van der Waals surface area contributed by atoms with E-state index in [4.69, 9.17) is 15.8 Å². The van der Waals surface area contributed by atoms with Crippen LogP contribution in [0.2, 0.25) is 5.15 Å². The van der Waals surface area contributed by atoms with Crippen LogP contribution in [0.3, 0.4) is 0 Å². The fourth-order valence-corrected chi connectivity index (χ4v) is 2.52. The van der Waals surface area contributed by atoms with E-state index in [1.807, 2.05) is 18.3 Å². The molecule has 4 heteroatoms. The standard InChI is InChI=1S/C12H15ClNOS/c1-16(2)15-11-5-3-9(7-11)10-4-6-12(13)14-8-10/h4,6-9H,3,5H2,1-2H3/q+1. The molecule has 0 amide bonds. The third-order valence-corrected chi connectivity index (χ3v) is 3.31. The highest BCUT2D eigenvalue weighted by Crippen LogP contribution is 2.33. The highest BCUT2D eigenvalue weighted by Gasteiger charge is 2.22. The molecule has 0 aliphatic heterocycles. The van der Waals surface area contributed by atoms with Crippen molar-refractivity contribution in [3.05, 3.63) is 40.9 Å². The van der Waals surface area contributed by atoms with E-state index in [2.05, 4.69) is 23.6 Å². The van der Waals surface area contributed by atoms with Crippen LogP contribution in [-0.2, 0) is 15.4 Å². The summed E-state index contributed by atoms with van der Waals surface area (Å²) in [5.41, 5.74) is 1.22. The van der Waals surface area contributed by atoms with Crippen LogP contribution in [0.4, 0.5) is 0 Å². The van der Waals surface area contributed by atoms with Gasteiger partial charge in [0, 0.05) is 18.5 Å². The first-order chi connectivity index (χ1) is 7.65. The second kappa shape index (κ2) is 5.11. The Morgan fingerprint density at radius 2 is 2.25 bits per heavy atom. The van der Waals surface area contributed by atoms with Crippen LogP contribution < -0.4 is 0 Å². The number of hydrogen-bond donors (Lipinski definition) is 0. The zero-order valence-electron chi connectivity index (χ0n) is 9.44. The van der Waals surface area contributed by atoms with Gasteiger partial charge >= 0.3 is 0 Å². The molecule has 0 bridgehead atoms. The molecular weight excluding hydrogens is 242 g/mol. The molecule has 1 aromatic rings. The average Bonchev–Trinajstić information content (AvgIpc) is 2.66. The van der Waals surface area contributed by atoms with Crippen molar-refractivity contribution >= 4 is 22.8 Å². The lowest BCUT2D eigenvalue weighted by molar-refractivity contribution is 0.470. The first kappa shape index (κ1) is 11.8. The minimum atomic E-state index is 0.0146. The van der Waals surface area contributed by atoms with Gasteiger partial charge in [-0.2, -0.15) is 0 Å². The maximum Gasteiger partial charge on any atom is 0.190 e. The van der Waals surface area contributed by atoms with Gasteiger partial charge in [-0.3, -0.25) is 4.18 Å². The van der Waals surface area contributed by atoms with Gasteiger partial charge in [0.2, 0.25) is 0 Å². The van der Waals surface area contributed by atoms with Gasteiger partial charge in [-0.15, -0.1) is 0 Å². The van der Waals surface area contributed by atoms with Gasteiger partial charge in [-0.1, -0.05) is 17.7 Å². The molecule has 0 fully saturated rings. The number of allylic oxidation sites excluding steroid dienone is 2. The van der Waals surface area contributed by atoms with E-state index in [0.717, 1.165) is 18.6 Å². The Balaban J connectivity index is 2.07. The number of pyridine rings is 1. The molecule has 0 spiro atoms. The van der Waals surface area contributed by atoms with Gasteiger partial charge in [-0.05, 0) is 24.1 Å². The average molecular weight is 257 g/mol. The normalized spacial score (nSPS) is 20.0. The summed E-state index contributed by atoms with van der Waals surface area (Å²) in [6.07, 6.45) is 10.4. The van der Waals surface area contributed by atoms with Crippen LogP contribution in [0.25, 0.3) is 0 Å². The number of aromatic nitrogens is 1. The Morgan fingerprint density at radius 3 is 2.88 bits per heavy atom. The Kier molecular flexibility index (Phi) is 3.77. The van der Waals surface area contributed by atoms with Crippen molar-refractivity contribution in [2.75, 3.05) is 12.5 Å². The third kappa shape index (κ3) is 2.92. The van der Waals surface area contributed by atoms with Crippen molar-refractivity contribution in [3.63, 3.8) is 0 Å². The number of halogens is 1. The first-order valence-corrected chi connectivity index (χ1v) is 7.57. The molecule has 1 unspecified atom stereocenters. The SMILES string of the molecule is C[S+](C)OC1=CC(c2ccc(Cl)nc2)CC1. The molecule has 1 atom stereocenters. The number of hydrogen-bond acceptors (Lipinski definition) is 2. The summed E-state index contributed by atoms with van der Waals surface area (Å²) in [4.78, 5) is 4.11. The highest BCUT2D eigenvalue weighted by atomic mass is 35.5. The fraction of sp³-hybridized carbons (Fsp3) is 0.417. The van der Waals surface area contributed by atoms with Gasteiger partial charge < -0.3 is 0 Å². The molecule has 1 aromatic heterocycles. The minimum absolute atomic E-state index is 0.0146. The smallest absolute Gasteiger partial charge is 0.190 e. The molecule has 0 saturated carbocycles. The van der Waals surface area contributed by atoms with E-state index in [-0.39, 0.29) is 11.2 Å². The van der Waals surface area contributed by atoms with Crippen LogP contribution in [0.15, 0.2) is 30.2 Å². The van der Waals surface area contributed by atoms with Gasteiger partial charge in [0.15, 0.2) is 16.9 Å². The molecule has 1 aliphatic rings. The summed E-state index contributed by atoms with van der Waals surface area (Å²) in [5, 5.41) is 0.547. The monoisotopic (exact) mass is 256 g/mol. The molecule has 0 aromatic carbocycles. The molecule has 1 aliphatic carbocycles. The van der Waals surface area contributed by atoms with Crippen molar-refractivity contribution in [2.24, 2.45) is 0 Å². The molecule has 2 rings (SSSR count). The quantitative estimate of drug-likeness (QED) is 0.612. The van der Waals surface area contributed by atoms with Gasteiger partial charge in [0.05, 0.1) is 0 Å². The molecule has 0 N–H and O–H groups in total. The minimum Gasteiger partial charge on any atom is -0.291 e. The molecule has 16 heavy (non-hydrogen) atoms. The lowest BCUT2D eigenvalue weighted by Gasteiger charge is -2.05. The van der Waals surface area contributed by atoms with E-state index in [1.54, 1.807) is 0 Å². The van der Waals surface area contributed by atoms with Crippen molar-refractivity contribution in [1.82, 2.24) is 4.98 Å². The molecule has 0 saturated heterocycles. The first-order valence-electron chi connectivity index (χ1n) is 5.23. The molecule has 1 heterocycles. The number of nitrogens with zero attached hydrogens (tertiary/aromatic N) is 1. The Labute approximate surface area is 104 Å². The van der Waals surface area contributed by atoms with Crippen LogP contribution in [-0.4, -0.2) is 17.5 Å². The molecule has 2 nitrogen and oxygen atoms in total. The molecule has 86 valence electrons. The lowest BCUT2D eigenvalue weighted by atomic mass is 10.0. The summed E-state index contributed by atoms with van der Waals surface area (Å²) in [5.74, 6) is 1.55. The Hall–Kier alpha value is -0.670. The van der Waals surface area contributed by atoms with E-state index in [0.29, 0.717) is 11.1 Å². The van der Waals surface area contributed by atoms with Crippen molar-refractivity contribution < 1.29 is 4.18 Å². The van der Waals surface area contributed by atoms with E-state index in [1.165, 1.54) is 5.56 Å². The third-order valence-electron chi connectivity index (χ3n) is 2.54. The van der Waals surface area contributed by atoms with Gasteiger partial charge in [-0.25, -0.2) is 4.98 Å². The van der Waals surface area contributed by atoms with Crippen LogP contribution in [0.5, 0.6) is 0 Å². The summed E-state index contributed by atoms with van der Waals surface area (Å²) in [7, 11) is 0. The maximum absolute atomic E-state index is 5.77. The van der Waals surface area contributed by atoms with Crippen LogP contribution in [0, 0.1) is 0 Å². The molecular formula is C12H15ClNOS+. The topological polar surface area (TPSA) is 22.1 Å². The maximum atomic E-state index is 5.77. The predicted molar refractivity (Wildman–Crippen MR) is 69.6 cm³/mol. The number of rotatable bonds is 3. The van der Waals surface area contributed by atoms with Gasteiger partial charge in [0.25, 0.3) is 0 Å². The summed E-state index contributed by atoms with van der Waals surface area (Å²) in [6, 6.07) is 3.88. The van der Waals surface area contributed by atoms with Crippen LogP contribution in [0.1, 0.15) is 24.3 Å². The van der Waals surface area contributed by atoms with Gasteiger partial charge in [0.1, 0.15) is 17.7 Å². The highest BCUT2D eigenvalue weighted by molar-refractivity contribution is 7.91. The Bertz CT molecular complexity index is 389. The van der Waals surface area contributed by atoms with Crippen LogP contribution >= 0.6 is 11.6 Å². The van der Waals surface area contributed by atoms with Crippen molar-refractivity contribution in [2.45, 2.75) is 18.8 Å². The second-order valence-electron chi connectivity index (χ2n) is 4.02. The Morgan fingerprint density at radius 1 is 1.44 bits per heavy atom. The van der Waals surface area contributed by atoms with Crippen molar-refractivity contribution in [1.29, 1.82) is 0 Å². The summed E-state index contributed by atoms with van der Waals surface area (Å²) < 4.78 is 5.73. The predicted octanol–water partition coefficient (Wildman–Crippen LogP) is 3.31. The van der Waals surface area contributed by atoms with E-state index < -0.39 is 0 Å². The van der Waals surface area contributed by atoms with E-state index in [9.17, 15) is 0 Å². The zero-order chi connectivity index (χ0) is 11.5. The fourth-order valence-electron chi connectivity index (χ4n) is 1.84. The summed E-state index contributed by atoms with van der Waals surface area (Å²) >= 11 is 5.78. The lowest BCUT2D eigenvalue weighted by Crippen LogP contribution is -1.99.